The summed E-state index contributed by atoms with van der Waals surface area (Å²) in [5, 5.41) is 2.63. The fourth-order valence-electron chi connectivity index (χ4n) is 1.20. The Hall–Kier alpha value is -1.20. The molecule has 0 saturated carbocycles. The highest BCUT2D eigenvalue weighted by atomic mass is 35.5. The summed E-state index contributed by atoms with van der Waals surface area (Å²) in [7, 11) is 0. The van der Waals surface area contributed by atoms with Crippen LogP contribution in [0.15, 0.2) is 18.2 Å². The summed E-state index contributed by atoms with van der Waals surface area (Å²) in [5.41, 5.74) is 5.55. The lowest BCUT2D eigenvalue weighted by molar-refractivity contribution is 0.0953. The zero-order valence-corrected chi connectivity index (χ0v) is 10.6. The molecule has 17 heavy (non-hydrogen) atoms. The van der Waals surface area contributed by atoms with Gasteiger partial charge in [-0.1, -0.05) is 23.8 Å². The zero-order valence-electron chi connectivity index (χ0n) is 9.00. The molecule has 0 radical (unpaired) electrons. The van der Waals surface area contributed by atoms with Crippen LogP contribution in [0.2, 0.25) is 5.02 Å². The lowest BCUT2D eigenvalue weighted by Gasteiger charge is -2.05. The molecule has 1 aromatic rings. The van der Waals surface area contributed by atoms with Crippen LogP contribution >= 0.6 is 23.8 Å². The first-order valence-corrected chi connectivity index (χ1v) is 5.81. The summed E-state index contributed by atoms with van der Waals surface area (Å²) in [6.07, 6.45) is 1.24. The predicted molar refractivity (Wildman–Crippen MR) is 69.8 cm³/mol. The Balaban J connectivity index is 2.47. The van der Waals surface area contributed by atoms with Gasteiger partial charge < -0.3 is 11.1 Å². The van der Waals surface area contributed by atoms with Crippen molar-refractivity contribution in [2.24, 2.45) is 5.73 Å². The molecule has 1 amide bonds. The highest BCUT2D eigenvalue weighted by Gasteiger charge is 2.08. The predicted octanol–water partition coefficient (Wildman–Crippen LogP) is 2.28. The third kappa shape index (κ3) is 4.66. The summed E-state index contributed by atoms with van der Waals surface area (Å²) in [5.74, 6) is -0.953. The Labute approximate surface area is 109 Å². The van der Waals surface area contributed by atoms with E-state index in [1.807, 2.05) is 0 Å². The molecule has 0 aliphatic rings. The number of thiocarbonyl (C=S) groups is 1. The summed E-state index contributed by atoms with van der Waals surface area (Å²) in [4.78, 5) is 12.0. The van der Waals surface area contributed by atoms with E-state index < -0.39 is 5.82 Å². The molecular formula is C11H12ClFN2OS. The van der Waals surface area contributed by atoms with Gasteiger partial charge in [-0.3, -0.25) is 4.79 Å². The first-order chi connectivity index (χ1) is 8.00. The van der Waals surface area contributed by atoms with Crippen LogP contribution in [-0.2, 0) is 0 Å². The molecule has 0 fully saturated rings. The highest BCUT2D eigenvalue weighted by Crippen LogP contribution is 2.15. The molecule has 0 spiro atoms. The fraction of sp³-hybridized carbons (Fsp3) is 0.273. The van der Waals surface area contributed by atoms with Gasteiger partial charge in [0, 0.05) is 12.1 Å². The Kier molecular flexibility index (Phi) is 5.31. The van der Waals surface area contributed by atoms with Gasteiger partial charge in [-0.05, 0) is 31.0 Å². The maximum atomic E-state index is 13.1. The number of hydrogen-bond acceptors (Lipinski definition) is 2. The van der Waals surface area contributed by atoms with E-state index in [1.54, 1.807) is 0 Å². The molecule has 0 unspecified atom stereocenters. The van der Waals surface area contributed by atoms with Crippen LogP contribution < -0.4 is 11.1 Å². The van der Waals surface area contributed by atoms with Crippen LogP contribution in [0.4, 0.5) is 4.39 Å². The van der Waals surface area contributed by atoms with Crippen LogP contribution in [-0.4, -0.2) is 17.4 Å². The third-order valence-electron chi connectivity index (χ3n) is 2.07. The number of halogens is 2. The largest absolute Gasteiger partial charge is 0.393 e. The van der Waals surface area contributed by atoms with Crippen molar-refractivity contribution in [2.45, 2.75) is 12.8 Å². The third-order valence-corrected chi connectivity index (χ3v) is 2.58. The standard InChI is InChI=1S/C11H12ClFN2OS/c12-8-4-3-7(6-9(8)13)11(16)15-5-1-2-10(14)17/h3-4,6H,1-2,5H2,(H2,14,17)(H,15,16). The molecule has 0 aromatic heterocycles. The SMILES string of the molecule is NC(=S)CCCNC(=O)c1ccc(Cl)c(F)c1. The van der Waals surface area contributed by atoms with Gasteiger partial charge in [-0.15, -0.1) is 0 Å². The summed E-state index contributed by atoms with van der Waals surface area (Å²) >= 11 is 10.2. The molecule has 1 aromatic carbocycles. The van der Waals surface area contributed by atoms with Crippen molar-refractivity contribution < 1.29 is 9.18 Å². The van der Waals surface area contributed by atoms with Crippen molar-refractivity contribution in [1.82, 2.24) is 5.32 Å². The Morgan fingerprint density at radius 3 is 2.82 bits per heavy atom. The van der Waals surface area contributed by atoms with Crippen LogP contribution in [0.25, 0.3) is 0 Å². The molecule has 1 rings (SSSR count). The second-order valence-electron chi connectivity index (χ2n) is 3.45. The first kappa shape index (κ1) is 13.9. The minimum Gasteiger partial charge on any atom is -0.393 e. The minimum absolute atomic E-state index is 0.00460. The van der Waals surface area contributed by atoms with Crippen molar-refractivity contribution in [3.05, 3.63) is 34.6 Å². The molecule has 0 atom stereocenters. The smallest absolute Gasteiger partial charge is 0.251 e. The number of carbonyl (C=O) groups excluding carboxylic acids is 1. The molecule has 3 N–H and O–H groups in total. The lowest BCUT2D eigenvalue weighted by Crippen LogP contribution is -2.25. The van der Waals surface area contributed by atoms with E-state index in [9.17, 15) is 9.18 Å². The van der Waals surface area contributed by atoms with Gasteiger partial charge >= 0.3 is 0 Å². The molecule has 0 bridgehead atoms. The number of nitrogens with one attached hydrogen (secondary N) is 1. The van der Waals surface area contributed by atoms with Crippen molar-refractivity contribution >= 4 is 34.7 Å². The quantitative estimate of drug-likeness (QED) is 0.640. The maximum Gasteiger partial charge on any atom is 0.251 e. The van der Waals surface area contributed by atoms with Crippen molar-refractivity contribution in [3.63, 3.8) is 0 Å². The first-order valence-electron chi connectivity index (χ1n) is 5.02. The summed E-state index contributed by atoms with van der Waals surface area (Å²) in [6, 6.07) is 3.92. The van der Waals surface area contributed by atoms with Gasteiger partial charge in [0.05, 0.1) is 10.0 Å². The maximum absolute atomic E-state index is 13.1. The van der Waals surface area contributed by atoms with Gasteiger partial charge in [0.25, 0.3) is 5.91 Å². The normalized spacial score (nSPS) is 10.0. The zero-order chi connectivity index (χ0) is 12.8. The van der Waals surface area contributed by atoms with Crippen molar-refractivity contribution in [3.8, 4) is 0 Å². The van der Waals surface area contributed by atoms with Crippen LogP contribution in [0.1, 0.15) is 23.2 Å². The van der Waals surface area contributed by atoms with Gasteiger partial charge in [-0.25, -0.2) is 4.39 Å². The van der Waals surface area contributed by atoms with E-state index in [4.69, 9.17) is 29.6 Å². The Morgan fingerprint density at radius 1 is 1.53 bits per heavy atom. The molecular weight excluding hydrogens is 263 g/mol. The average molecular weight is 275 g/mol. The molecule has 3 nitrogen and oxygen atoms in total. The molecule has 92 valence electrons. The van der Waals surface area contributed by atoms with E-state index in [1.165, 1.54) is 12.1 Å². The van der Waals surface area contributed by atoms with Crippen molar-refractivity contribution in [1.29, 1.82) is 0 Å². The fourth-order valence-corrected chi connectivity index (χ4v) is 1.47. The van der Waals surface area contributed by atoms with Crippen molar-refractivity contribution in [2.75, 3.05) is 6.54 Å². The number of benzene rings is 1. The number of carbonyl (C=O) groups is 1. The number of rotatable bonds is 5. The monoisotopic (exact) mass is 274 g/mol. The number of hydrogen-bond donors (Lipinski definition) is 2. The van der Waals surface area contributed by atoms with Crippen LogP contribution in [0.3, 0.4) is 0 Å². The van der Waals surface area contributed by atoms with E-state index in [0.29, 0.717) is 24.4 Å². The molecule has 0 aliphatic carbocycles. The molecule has 0 aliphatic heterocycles. The Morgan fingerprint density at radius 2 is 2.24 bits per heavy atom. The topological polar surface area (TPSA) is 55.1 Å². The lowest BCUT2D eigenvalue weighted by atomic mass is 10.2. The second-order valence-corrected chi connectivity index (χ2v) is 4.39. The van der Waals surface area contributed by atoms with E-state index in [0.717, 1.165) is 6.07 Å². The summed E-state index contributed by atoms with van der Waals surface area (Å²) in [6.45, 7) is 0.445. The number of amides is 1. The molecule has 0 saturated heterocycles. The summed E-state index contributed by atoms with van der Waals surface area (Å²) < 4.78 is 13.1. The van der Waals surface area contributed by atoms with E-state index in [2.05, 4.69) is 5.32 Å². The highest BCUT2D eigenvalue weighted by molar-refractivity contribution is 7.80. The van der Waals surface area contributed by atoms with Crippen LogP contribution in [0, 0.1) is 5.82 Å². The van der Waals surface area contributed by atoms with E-state index in [-0.39, 0.29) is 16.5 Å². The van der Waals surface area contributed by atoms with E-state index >= 15 is 0 Å². The van der Waals surface area contributed by atoms with Gasteiger partial charge in [0.2, 0.25) is 0 Å². The Bertz CT molecular complexity index is 439. The minimum atomic E-state index is -0.609. The second kappa shape index (κ2) is 6.51. The number of nitrogens with two attached hydrogens (primary N) is 1. The van der Waals surface area contributed by atoms with Gasteiger partial charge in [0.15, 0.2) is 0 Å². The van der Waals surface area contributed by atoms with Gasteiger partial charge in [0.1, 0.15) is 5.82 Å². The molecule has 6 heteroatoms. The van der Waals surface area contributed by atoms with Crippen LogP contribution in [0.5, 0.6) is 0 Å². The van der Waals surface area contributed by atoms with Gasteiger partial charge in [-0.2, -0.15) is 0 Å². The average Bonchev–Trinajstić information content (AvgIpc) is 2.27. The molecule has 0 heterocycles.